The molecule has 0 atom stereocenters. The molecule has 2 aromatic carbocycles. The van der Waals surface area contributed by atoms with Crippen LogP contribution >= 0.6 is 38.9 Å². The van der Waals surface area contributed by atoms with Crippen LogP contribution in [0.25, 0.3) is 21.0 Å². The van der Waals surface area contributed by atoms with Gasteiger partial charge in [-0.3, -0.25) is 4.79 Å². The zero-order chi connectivity index (χ0) is 19.1. The van der Waals surface area contributed by atoms with Crippen molar-refractivity contribution in [2.75, 3.05) is 0 Å². The molecule has 0 unspecified atom stereocenters. The molecule has 0 spiro atoms. The molecule has 136 valence electrons. The number of aromatic nitrogens is 1. The van der Waals surface area contributed by atoms with E-state index in [1.807, 2.05) is 30.3 Å². The second-order valence-electron chi connectivity index (χ2n) is 5.95. The van der Waals surface area contributed by atoms with Crippen molar-refractivity contribution < 1.29 is 9.90 Å². The fourth-order valence-electron chi connectivity index (χ4n) is 2.85. The van der Waals surface area contributed by atoms with E-state index in [0.717, 1.165) is 21.0 Å². The van der Waals surface area contributed by atoms with Gasteiger partial charge in [-0.05, 0) is 36.2 Å². The number of hydrogen-bond donors (Lipinski definition) is 2. The summed E-state index contributed by atoms with van der Waals surface area (Å²) in [6.07, 6.45) is 0.907. The Bertz CT molecular complexity index is 1230. The number of nitrogens with one attached hydrogen (secondary N) is 1. The number of H-pyrrole nitrogens is 1. The Hall–Kier alpha value is -2.22. The summed E-state index contributed by atoms with van der Waals surface area (Å²) in [5.74, 6) is -0.681. The number of hydrogen-bond acceptors (Lipinski definition) is 4. The zero-order valence-corrected chi connectivity index (χ0v) is 17.2. The number of aromatic amines is 1. The lowest BCUT2D eigenvalue weighted by atomic mass is 10.1. The quantitative estimate of drug-likeness (QED) is 0.322. The Balaban J connectivity index is 1.71. The number of aromatic hydroxyl groups is 1. The molecule has 5 nitrogen and oxygen atoms in total. The normalized spacial score (nSPS) is 11.8. The molecule has 4 rings (SSSR count). The Labute approximate surface area is 171 Å². The van der Waals surface area contributed by atoms with Gasteiger partial charge in [-0.1, -0.05) is 46.6 Å². The lowest BCUT2D eigenvalue weighted by molar-refractivity contribution is 0.0999. The topological polar surface area (TPSA) is 77.8 Å². The van der Waals surface area contributed by atoms with Gasteiger partial charge in [0.25, 0.3) is 0 Å². The van der Waals surface area contributed by atoms with Gasteiger partial charge < -0.3 is 10.1 Å². The van der Waals surface area contributed by atoms with Crippen LogP contribution in [-0.2, 0) is 6.42 Å². The average molecular weight is 463 g/mol. The third-order valence-electron chi connectivity index (χ3n) is 4.25. The van der Waals surface area contributed by atoms with Crippen LogP contribution in [0.15, 0.2) is 51.1 Å². The fourth-order valence-corrected chi connectivity index (χ4v) is 4.67. The van der Waals surface area contributed by atoms with E-state index >= 15 is 0 Å². The van der Waals surface area contributed by atoms with Crippen LogP contribution < -0.4 is 0 Å². The predicted octanol–water partition coefficient (Wildman–Crippen LogP) is 6.99. The van der Waals surface area contributed by atoms with Crippen LogP contribution in [0.1, 0.15) is 22.2 Å². The first-order valence-corrected chi connectivity index (χ1v) is 10.1. The number of nitrogens with zero attached hydrogens (tertiary/aromatic N) is 2. The van der Waals surface area contributed by atoms with Gasteiger partial charge in [0.15, 0.2) is 5.69 Å². The average Bonchev–Trinajstić information content (AvgIpc) is 3.15. The van der Waals surface area contributed by atoms with Crippen LogP contribution in [0.4, 0.5) is 5.69 Å². The summed E-state index contributed by atoms with van der Waals surface area (Å²) in [6, 6.07) is 11.4. The molecule has 2 heterocycles. The first kappa shape index (κ1) is 18.2. The van der Waals surface area contributed by atoms with Gasteiger partial charge in [-0.2, -0.15) is 0 Å². The minimum absolute atomic E-state index is 0.144. The van der Waals surface area contributed by atoms with Gasteiger partial charge in [-0.15, -0.1) is 21.6 Å². The Morgan fingerprint density at radius 3 is 2.81 bits per heavy atom. The van der Waals surface area contributed by atoms with E-state index in [4.69, 9.17) is 11.6 Å². The molecule has 4 aromatic rings. The third kappa shape index (κ3) is 3.26. The number of azo groups is 1. The molecule has 1 amide bonds. The van der Waals surface area contributed by atoms with Crippen molar-refractivity contribution in [3.8, 4) is 5.88 Å². The monoisotopic (exact) mass is 461 g/mol. The van der Waals surface area contributed by atoms with E-state index < -0.39 is 5.91 Å². The van der Waals surface area contributed by atoms with E-state index in [1.54, 1.807) is 6.07 Å². The van der Waals surface area contributed by atoms with Gasteiger partial charge in [0.2, 0.25) is 5.88 Å². The smallest absolute Gasteiger partial charge is 0.307 e. The summed E-state index contributed by atoms with van der Waals surface area (Å²) >= 11 is 11.0. The Morgan fingerprint density at radius 1 is 1.26 bits per heavy atom. The maximum Gasteiger partial charge on any atom is 0.307 e. The molecular weight excluding hydrogens is 450 g/mol. The van der Waals surface area contributed by atoms with Gasteiger partial charge >= 0.3 is 5.91 Å². The van der Waals surface area contributed by atoms with E-state index in [0.29, 0.717) is 20.8 Å². The SMILES string of the molecule is CCc1ccc2c(Cl)c(C(=O)N=Nc3c(O)[nH]c4cc(Br)ccc34)sc2c1. The van der Waals surface area contributed by atoms with Crippen molar-refractivity contribution >= 4 is 71.5 Å². The Morgan fingerprint density at radius 2 is 2.04 bits per heavy atom. The Kier molecular flexibility index (Phi) is 4.75. The van der Waals surface area contributed by atoms with Crippen molar-refractivity contribution in [1.82, 2.24) is 4.98 Å². The van der Waals surface area contributed by atoms with Gasteiger partial charge in [0, 0.05) is 19.9 Å². The molecule has 0 aliphatic heterocycles. The molecule has 0 fully saturated rings. The summed E-state index contributed by atoms with van der Waals surface area (Å²) < 4.78 is 1.80. The molecule has 27 heavy (non-hydrogen) atoms. The lowest BCUT2D eigenvalue weighted by Gasteiger charge is -1.95. The number of fused-ring (bicyclic) bond motifs is 2. The van der Waals surface area contributed by atoms with Crippen LogP contribution in [0.2, 0.25) is 5.02 Å². The summed E-state index contributed by atoms with van der Waals surface area (Å²) in [5, 5.41) is 19.7. The number of benzene rings is 2. The maximum atomic E-state index is 12.6. The number of thiophene rings is 1. The van der Waals surface area contributed by atoms with E-state index in [9.17, 15) is 9.90 Å². The molecule has 2 aromatic heterocycles. The summed E-state index contributed by atoms with van der Waals surface area (Å²) in [4.78, 5) is 15.7. The van der Waals surface area contributed by atoms with E-state index in [1.165, 1.54) is 16.9 Å². The first-order chi connectivity index (χ1) is 13.0. The summed E-state index contributed by atoms with van der Waals surface area (Å²) in [7, 11) is 0. The van der Waals surface area contributed by atoms with Gasteiger partial charge in [0.1, 0.15) is 4.88 Å². The number of carbonyl (C=O) groups is 1. The molecular formula is C19H13BrClN3O2S. The first-order valence-electron chi connectivity index (χ1n) is 8.15. The second-order valence-corrected chi connectivity index (χ2v) is 8.29. The lowest BCUT2D eigenvalue weighted by Crippen LogP contribution is -1.89. The highest BCUT2D eigenvalue weighted by atomic mass is 79.9. The number of carbonyl (C=O) groups excluding carboxylic acids is 1. The standard InChI is InChI=1S/C19H13BrClN3O2S/c1-2-9-3-5-12-14(7-9)27-17(15(12)21)19(26)24-23-16-11-6-4-10(20)8-13(11)22-18(16)25/h3-8,22,25H,2H2,1H3. The van der Waals surface area contributed by atoms with Crippen molar-refractivity contribution in [2.24, 2.45) is 10.2 Å². The number of aryl methyl sites for hydroxylation is 1. The molecule has 8 heteroatoms. The molecule has 0 radical (unpaired) electrons. The predicted molar refractivity (Wildman–Crippen MR) is 113 cm³/mol. The molecule has 0 aliphatic rings. The highest BCUT2D eigenvalue weighted by Crippen LogP contribution is 2.39. The number of amides is 1. The van der Waals surface area contributed by atoms with E-state index in [-0.39, 0.29) is 11.6 Å². The molecule has 0 saturated heterocycles. The minimum atomic E-state index is -0.537. The van der Waals surface area contributed by atoms with Crippen molar-refractivity contribution in [1.29, 1.82) is 0 Å². The highest BCUT2D eigenvalue weighted by molar-refractivity contribution is 9.10. The zero-order valence-electron chi connectivity index (χ0n) is 14.1. The number of halogens is 2. The van der Waals surface area contributed by atoms with Gasteiger partial charge in [0.05, 0.1) is 10.5 Å². The molecule has 0 saturated carbocycles. The van der Waals surface area contributed by atoms with Crippen LogP contribution in [0.3, 0.4) is 0 Å². The third-order valence-corrected chi connectivity index (χ3v) is 6.39. The maximum absolute atomic E-state index is 12.6. The van der Waals surface area contributed by atoms with Gasteiger partial charge in [-0.25, -0.2) is 0 Å². The number of rotatable bonds is 3. The molecule has 2 N–H and O–H groups in total. The molecule has 0 bridgehead atoms. The van der Waals surface area contributed by atoms with Crippen molar-refractivity contribution in [3.05, 3.63) is 56.3 Å². The largest absolute Gasteiger partial charge is 0.493 e. The fraction of sp³-hybridized carbons (Fsp3) is 0.105. The summed E-state index contributed by atoms with van der Waals surface area (Å²) in [5.41, 5.74) is 2.09. The minimum Gasteiger partial charge on any atom is -0.493 e. The van der Waals surface area contributed by atoms with Crippen molar-refractivity contribution in [2.45, 2.75) is 13.3 Å². The van der Waals surface area contributed by atoms with E-state index in [2.05, 4.69) is 38.1 Å². The van der Waals surface area contributed by atoms with Crippen LogP contribution in [0.5, 0.6) is 5.88 Å². The van der Waals surface area contributed by atoms with Crippen molar-refractivity contribution in [3.63, 3.8) is 0 Å². The molecule has 0 aliphatic carbocycles. The van der Waals surface area contributed by atoms with Crippen LogP contribution in [-0.4, -0.2) is 16.0 Å². The summed E-state index contributed by atoms with van der Waals surface area (Å²) in [6.45, 7) is 2.07. The van der Waals surface area contributed by atoms with Crippen LogP contribution in [0, 0.1) is 0 Å². The highest BCUT2D eigenvalue weighted by Gasteiger charge is 2.18. The second kappa shape index (κ2) is 7.07.